The summed E-state index contributed by atoms with van der Waals surface area (Å²) in [4.78, 5) is 5.56. The van der Waals surface area contributed by atoms with E-state index in [1.54, 1.807) is 12.7 Å². The molecule has 3 aliphatic heterocycles. The lowest BCUT2D eigenvalue weighted by molar-refractivity contribution is 0.0310. The van der Waals surface area contributed by atoms with Gasteiger partial charge in [-0.3, -0.25) is 4.90 Å². The first kappa shape index (κ1) is 18.5. The number of methoxy groups -OCH3 is 1. The zero-order valence-electron chi connectivity index (χ0n) is 18.2. The fourth-order valence-electron chi connectivity index (χ4n) is 7.53. The molecule has 0 bridgehead atoms. The minimum absolute atomic E-state index is 0.266. The Kier molecular flexibility index (Phi) is 4.08. The van der Waals surface area contributed by atoms with Crippen molar-refractivity contribution in [3.63, 3.8) is 0 Å². The van der Waals surface area contributed by atoms with Crippen molar-refractivity contribution < 1.29 is 4.74 Å². The standard InChI is InChI=1S/C27H32N2O/c1-3-26-14-6-17-28-18-16-27(25(26)28)22-7-4-5-8-23(22)29(24(27)13-15-26)19-20-9-11-21(30-2)12-10-20/h4-12,14,24-25H,3,13,15-19H2,1-2H3/t24-,25-,26-,27-/m0/s1. The Hall–Kier alpha value is -2.26. The maximum absolute atomic E-state index is 5.38. The number of hydrogen-bond donors (Lipinski definition) is 0. The highest BCUT2D eigenvalue weighted by Crippen LogP contribution is 2.64. The molecule has 3 heterocycles. The van der Waals surface area contributed by atoms with E-state index in [1.165, 1.54) is 43.5 Å². The van der Waals surface area contributed by atoms with Crippen molar-refractivity contribution in [2.24, 2.45) is 5.41 Å². The molecule has 0 radical (unpaired) electrons. The molecule has 2 fully saturated rings. The highest BCUT2D eigenvalue weighted by molar-refractivity contribution is 5.67. The second kappa shape index (κ2) is 6.62. The van der Waals surface area contributed by atoms with Crippen LogP contribution in [0.2, 0.25) is 0 Å². The average Bonchev–Trinajstić information content (AvgIpc) is 3.33. The number of rotatable bonds is 4. The molecule has 3 heteroatoms. The Morgan fingerprint density at radius 1 is 1.07 bits per heavy atom. The minimum Gasteiger partial charge on any atom is -0.497 e. The molecule has 30 heavy (non-hydrogen) atoms. The van der Waals surface area contributed by atoms with Crippen LogP contribution in [-0.4, -0.2) is 37.2 Å². The van der Waals surface area contributed by atoms with Crippen LogP contribution < -0.4 is 9.64 Å². The monoisotopic (exact) mass is 400 g/mol. The predicted octanol–water partition coefficient (Wildman–Crippen LogP) is 5.16. The van der Waals surface area contributed by atoms with Gasteiger partial charge in [0.05, 0.1) is 7.11 Å². The van der Waals surface area contributed by atoms with Crippen molar-refractivity contribution in [2.45, 2.75) is 56.7 Å². The van der Waals surface area contributed by atoms with Crippen molar-refractivity contribution in [2.75, 3.05) is 25.1 Å². The summed E-state index contributed by atoms with van der Waals surface area (Å²) in [5, 5.41) is 0. The van der Waals surface area contributed by atoms with Gasteiger partial charge in [-0.25, -0.2) is 0 Å². The lowest BCUT2D eigenvalue weighted by atomic mass is 9.53. The van der Waals surface area contributed by atoms with E-state index in [1.807, 2.05) is 0 Å². The summed E-state index contributed by atoms with van der Waals surface area (Å²) in [7, 11) is 1.74. The van der Waals surface area contributed by atoms with Crippen molar-refractivity contribution in [1.29, 1.82) is 0 Å². The molecule has 0 aromatic heterocycles. The van der Waals surface area contributed by atoms with E-state index in [0.717, 1.165) is 18.8 Å². The number of anilines is 1. The van der Waals surface area contributed by atoms with Crippen LogP contribution in [0.5, 0.6) is 5.75 Å². The van der Waals surface area contributed by atoms with E-state index in [4.69, 9.17) is 4.74 Å². The molecule has 2 aromatic carbocycles. The molecule has 0 unspecified atom stereocenters. The zero-order chi connectivity index (χ0) is 20.3. The molecule has 2 aromatic rings. The molecular weight excluding hydrogens is 368 g/mol. The summed E-state index contributed by atoms with van der Waals surface area (Å²) in [5.74, 6) is 0.933. The summed E-state index contributed by atoms with van der Waals surface area (Å²) in [5.41, 5.74) is 5.06. The Bertz CT molecular complexity index is 983. The first-order valence-corrected chi connectivity index (χ1v) is 11.6. The van der Waals surface area contributed by atoms with Gasteiger partial charge < -0.3 is 9.64 Å². The summed E-state index contributed by atoms with van der Waals surface area (Å²) in [6.45, 7) is 5.75. The Morgan fingerprint density at radius 3 is 2.70 bits per heavy atom. The SMILES string of the molecule is CC[C@]12C=CCN3CC[C@@]4(c5ccccc5N(Cc5ccc(OC)cc5)[C@H]4CC1)[C@@H]32. The smallest absolute Gasteiger partial charge is 0.118 e. The molecule has 1 aliphatic carbocycles. The van der Waals surface area contributed by atoms with Gasteiger partial charge in [-0.2, -0.15) is 0 Å². The summed E-state index contributed by atoms with van der Waals surface area (Å²) < 4.78 is 5.38. The molecule has 4 atom stereocenters. The third-order valence-electron chi connectivity index (χ3n) is 8.74. The molecule has 6 rings (SSSR count). The van der Waals surface area contributed by atoms with Crippen molar-refractivity contribution >= 4 is 5.69 Å². The number of benzene rings is 2. The minimum atomic E-state index is 0.266. The quantitative estimate of drug-likeness (QED) is 0.660. The Balaban J connectivity index is 1.46. The maximum atomic E-state index is 5.38. The summed E-state index contributed by atoms with van der Waals surface area (Å²) in [6, 6.07) is 19.2. The van der Waals surface area contributed by atoms with Crippen molar-refractivity contribution in [3.8, 4) is 5.75 Å². The Morgan fingerprint density at radius 2 is 1.90 bits per heavy atom. The van der Waals surface area contributed by atoms with Crippen molar-refractivity contribution in [1.82, 2.24) is 4.90 Å². The third kappa shape index (κ3) is 2.30. The summed E-state index contributed by atoms with van der Waals surface area (Å²) >= 11 is 0. The van der Waals surface area contributed by atoms with Crippen molar-refractivity contribution in [3.05, 3.63) is 71.8 Å². The molecule has 3 nitrogen and oxygen atoms in total. The van der Waals surface area contributed by atoms with Gasteiger partial charge in [-0.15, -0.1) is 0 Å². The van der Waals surface area contributed by atoms with Crippen LogP contribution >= 0.6 is 0 Å². The van der Waals surface area contributed by atoms with E-state index < -0.39 is 0 Å². The molecular formula is C27H32N2O. The lowest BCUT2D eigenvalue weighted by Gasteiger charge is -2.57. The van der Waals surface area contributed by atoms with Gasteiger partial charge in [0, 0.05) is 41.7 Å². The van der Waals surface area contributed by atoms with E-state index in [9.17, 15) is 0 Å². The van der Waals surface area contributed by atoms with E-state index in [-0.39, 0.29) is 5.41 Å². The van der Waals surface area contributed by atoms with Crippen LogP contribution in [0.4, 0.5) is 5.69 Å². The molecule has 1 saturated carbocycles. The first-order chi connectivity index (χ1) is 14.7. The number of para-hydroxylation sites is 1. The molecule has 0 N–H and O–H groups in total. The van der Waals surface area contributed by atoms with Gasteiger partial charge in [0.25, 0.3) is 0 Å². The van der Waals surface area contributed by atoms with Gasteiger partial charge >= 0.3 is 0 Å². The highest BCUT2D eigenvalue weighted by atomic mass is 16.5. The normalized spacial score (nSPS) is 33.9. The maximum Gasteiger partial charge on any atom is 0.118 e. The fraction of sp³-hybridized carbons (Fsp3) is 0.481. The second-order valence-electron chi connectivity index (χ2n) is 9.72. The zero-order valence-corrected chi connectivity index (χ0v) is 18.2. The van der Waals surface area contributed by atoms with Gasteiger partial charge in [0.15, 0.2) is 0 Å². The molecule has 0 amide bonds. The molecule has 1 spiro atoms. The van der Waals surface area contributed by atoms with Gasteiger partial charge in [-0.1, -0.05) is 49.4 Å². The number of hydrogen-bond acceptors (Lipinski definition) is 3. The molecule has 1 saturated heterocycles. The number of nitrogens with zero attached hydrogens (tertiary/aromatic N) is 2. The van der Waals surface area contributed by atoms with Gasteiger partial charge in [-0.05, 0) is 61.6 Å². The molecule has 156 valence electrons. The first-order valence-electron chi connectivity index (χ1n) is 11.6. The van der Waals surface area contributed by atoms with E-state index >= 15 is 0 Å². The van der Waals surface area contributed by atoms with Crippen LogP contribution in [-0.2, 0) is 12.0 Å². The van der Waals surface area contributed by atoms with Crippen LogP contribution in [0.15, 0.2) is 60.7 Å². The second-order valence-corrected chi connectivity index (χ2v) is 9.72. The van der Waals surface area contributed by atoms with Gasteiger partial charge in [0.1, 0.15) is 5.75 Å². The third-order valence-corrected chi connectivity index (χ3v) is 8.74. The largest absolute Gasteiger partial charge is 0.497 e. The van der Waals surface area contributed by atoms with E-state index in [0.29, 0.717) is 17.5 Å². The van der Waals surface area contributed by atoms with Crippen LogP contribution in [0.1, 0.15) is 43.7 Å². The van der Waals surface area contributed by atoms with Gasteiger partial charge in [0.2, 0.25) is 0 Å². The lowest BCUT2D eigenvalue weighted by Crippen LogP contribution is -2.63. The fourth-order valence-corrected chi connectivity index (χ4v) is 7.53. The summed E-state index contributed by atoms with van der Waals surface area (Å²) in [6.07, 6.45) is 10.2. The predicted molar refractivity (Wildman–Crippen MR) is 122 cm³/mol. The van der Waals surface area contributed by atoms with Crippen LogP contribution in [0, 0.1) is 5.41 Å². The average molecular weight is 401 g/mol. The van der Waals surface area contributed by atoms with E-state index in [2.05, 4.69) is 77.4 Å². The van der Waals surface area contributed by atoms with Crippen LogP contribution in [0.3, 0.4) is 0 Å². The highest BCUT2D eigenvalue weighted by Gasteiger charge is 2.66. The number of ether oxygens (including phenoxy) is 1. The topological polar surface area (TPSA) is 15.7 Å². The van der Waals surface area contributed by atoms with Crippen LogP contribution in [0.25, 0.3) is 0 Å². The Labute approximate surface area is 180 Å². The number of fused-ring (bicyclic) bond motifs is 1. The molecule has 4 aliphatic rings.